The Kier molecular flexibility index (Phi) is 3.36. The number of nitrogens with one attached hydrogen (secondary N) is 1. The summed E-state index contributed by atoms with van der Waals surface area (Å²) in [6.45, 7) is 0. The van der Waals surface area contributed by atoms with Crippen molar-refractivity contribution in [2.45, 2.75) is 31.3 Å². The molecule has 2 atom stereocenters. The minimum absolute atomic E-state index is 0.0337. The summed E-state index contributed by atoms with van der Waals surface area (Å²) < 4.78 is 2.61. The summed E-state index contributed by atoms with van der Waals surface area (Å²) in [6, 6.07) is 0.0979. The van der Waals surface area contributed by atoms with Crippen LogP contribution in [0.5, 0.6) is 0 Å². The van der Waals surface area contributed by atoms with E-state index in [-0.39, 0.29) is 12.1 Å². The summed E-state index contributed by atoms with van der Waals surface area (Å²) in [5.74, 6) is 0.420. The molecule has 20 heavy (non-hydrogen) atoms. The van der Waals surface area contributed by atoms with Gasteiger partial charge in [-0.1, -0.05) is 0 Å². The molecule has 1 fully saturated rings. The average molecular weight is 388 g/mol. The Hall–Kier alpha value is -1.65. The molecule has 0 aromatic carbocycles. The molecule has 8 nitrogen and oxygen atoms in total. The van der Waals surface area contributed by atoms with Crippen molar-refractivity contribution in [2.24, 2.45) is 0 Å². The first-order valence-corrected chi connectivity index (χ1v) is 7.27. The van der Waals surface area contributed by atoms with Crippen LogP contribution in [-0.2, 0) is 0 Å². The number of hydrogen-bond donors (Lipinski definition) is 3. The summed E-state index contributed by atoms with van der Waals surface area (Å²) in [5, 5.41) is 16.6. The van der Waals surface area contributed by atoms with Crippen LogP contribution >= 0.6 is 22.6 Å². The summed E-state index contributed by atoms with van der Waals surface area (Å²) in [6.07, 6.45) is 2.82. The lowest BCUT2D eigenvalue weighted by Crippen LogP contribution is -2.31. The van der Waals surface area contributed by atoms with Gasteiger partial charge in [-0.25, -0.2) is 19.4 Å². The van der Waals surface area contributed by atoms with E-state index in [2.05, 4.69) is 43.0 Å². The zero-order chi connectivity index (χ0) is 14.3. The van der Waals surface area contributed by atoms with Crippen molar-refractivity contribution >= 4 is 45.5 Å². The smallest absolute Gasteiger partial charge is 0.404 e. The highest BCUT2D eigenvalue weighted by Gasteiger charge is 2.29. The van der Waals surface area contributed by atoms with Crippen LogP contribution in [0.1, 0.15) is 25.3 Å². The van der Waals surface area contributed by atoms with Crippen molar-refractivity contribution in [1.29, 1.82) is 0 Å². The topological polar surface area (TPSA) is 119 Å². The minimum Gasteiger partial charge on any atom is -0.465 e. The van der Waals surface area contributed by atoms with E-state index >= 15 is 0 Å². The molecule has 0 bridgehead atoms. The molecule has 9 heteroatoms. The molecule has 2 aromatic heterocycles. The van der Waals surface area contributed by atoms with Gasteiger partial charge in [0, 0.05) is 6.04 Å². The molecular formula is C11H13IN6O2. The predicted molar refractivity (Wildman–Crippen MR) is 80.3 cm³/mol. The molecule has 106 valence electrons. The van der Waals surface area contributed by atoms with Crippen molar-refractivity contribution in [3.63, 3.8) is 0 Å². The Balaban J connectivity index is 1.92. The fourth-order valence-electron chi connectivity index (χ4n) is 2.69. The normalized spacial score (nSPS) is 22.2. The van der Waals surface area contributed by atoms with Gasteiger partial charge in [0.2, 0.25) is 0 Å². The van der Waals surface area contributed by atoms with Crippen LogP contribution in [0.15, 0.2) is 6.33 Å². The van der Waals surface area contributed by atoms with E-state index in [1.165, 1.54) is 6.33 Å². The second-order valence-corrected chi connectivity index (χ2v) is 5.83. The van der Waals surface area contributed by atoms with Crippen LogP contribution in [0.4, 0.5) is 10.6 Å². The highest BCUT2D eigenvalue weighted by Crippen LogP contribution is 2.33. The monoisotopic (exact) mass is 388 g/mol. The van der Waals surface area contributed by atoms with Crippen molar-refractivity contribution in [1.82, 2.24) is 25.1 Å². The third kappa shape index (κ3) is 2.25. The number of anilines is 1. The van der Waals surface area contributed by atoms with Crippen LogP contribution in [0.25, 0.3) is 11.0 Å². The second-order valence-electron chi connectivity index (χ2n) is 4.81. The van der Waals surface area contributed by atoms with Gasteiger partial charge in [0.15, 0.2) is 5.65 Å². The molecule has 0 saturated heterocycles. The van der Waals surface area contributed by atoms with Crippen molar-refractivity contribution in [2.75, 3.05) is 5.73 Å². The molecule has 0 spiro atoms. The van der Waals surface area contributed by atoms with Gasteiger partial charge in [-0.05, 0) is 41.9 Å². The number of nitrogen functional groups attached to an aromatic ring is 1. The maximum Gasteiger partial charge on any atom is 0.404 e. The Morgan fingerprint density at radius 1 is 1.50 bits per heavy atom. The zero-order valence-corrected chi connectivity index (χ0v) is 12.6. The molecule has 1 aliphatic rings. The first-order valence-electron chi connectivity index (χ1n) is 6.20. The summed E-state index contributed by atoms with van der Waals surface area (Å²) in [5.41, 5.74) is 6.57. The van der Waals surface area contributed by atoms with Gasteiger partial charge in [-0.15, -0.1) is 0 Å². The highest BCUT2D eigenvalue weighted by molar-refractivity contribution is 14.1. The Morgan fingerprint density at radius 3 is 3.05 bits per heavy atom. The van der Waals surface area contributed by atoms with Gasteiger partial charge in [-0.2, -0.15) is 5.10 Å². The molecule has 2 heterocycles. The molecular weight excluding hydrogens is 375 g/mol. The van der Waals surface area contributed by atoms with Gasteiger partial charge >= 0.3 is 6.09 Å². The summed E-state index contributed by atoms with van der Waals surface area (Å²) >= 11 is 2.11. The number of aromatic nitrogens is 4. The maximum absolute atomic E-state index is 10.7. The first kappa shape index (κ1) is 13.3. The maximum atomic E-state index is 10.7. The van der Waals surface area contributed by atoms with E-state index < -0.39 is 6.09 Å². The fourth-order valence-corrected chi connectivity index (χ4v) is 3.44. The van der Waals surface area contributed by atoms with Crippen molar-refractivity contribution in [3.05, 3.63) is 10.0 Å². The number of halogens is 1. The van der Waals surface area contributed by atoms with Gasteiger partial charge in [0.25, 0.3) is 0 Å². The van der Waals surface area contributed by atoms with Crippen LogP contribution in [0.3, 0.4) is 0 Å². The van der Waals surface area contributed by atoms with E-state index in [1.54, 1.807) is 0 Å². The molecule has 3 rings (SSSR count). The molecule has 1 aliphatic carbocycles. The number of nitrogens with zero attached hydrogens (tertiary/aromatic N) is 4. The SMILES string of the molecule is Nc1ncnc2c1c(I)nn2[C@H]1CC[C@H](NC(=O)O)C1. The number of rotatable bonds is 2. The number of carbonyl (C=O) groups is 1. The Labute approximate surface area is 127 Å². The van der Waals surface area contributed by atoms with Crippen molar-refractivity contribution in [3.8, 4) is 0 Å². The number of amides is 1. The minimum atomic E-state index is -0.984. The molecule has 4 N–H and O–H groups in total. The largest absolute Gasteiger partial charge is 0.465 e. The van der Waals surface area contributed by atoms with Crippen LogP contribution in [0, 0.1) is 3.70 Å². The summed E-state index contributed by atoms with van der Waals surface area (Å²) in [4.78, 5) is 18.9. The average Bonchev–Trinajstić information content (AvgIpc) is 2.94. The molecule has 1 amide bonds. The quantitative estimate of drug-likeness (QED) is 0.669. The number of nitrogens with two attached hydrogens (primary N) is 1. The fraction of sp³-hybridized carbons (Fsp3) is 0.455. The van der Waals surface area contributed by atoms with E-state index in [0.717, 1.165) is 21.9 Å². The number of fused-ring (bicyclic) bond motifs is 1. The molecule has 1 saturated carbocycles. The van der Waals surface area contributed by atoms with E-state index in [9.17, 15) is 4.79 Å². The Bertz CT molecular complexity index is 672. The lowest BCUT2D eigenvalue weighted by Gasteiger charge is -2.12. The van der Waals surface area contributed by atoms with E-state index in [1.807, 2.05) is 4.68 Å². The van der Waals surface area contributed by atoms with E-state index in [0.29, 0.717) is 17.9 Å². The Morgan fingerprint density at radius 2 is 2.30 bits per heavy atom. The number of hydrogen-bond acceptors (Lipinski definition) is 5. The third-order valence-corrected chi connectivity index (χ3v) is 4.31. The van der Waals surface area contributed by atoms with Gasteiger partial charge in [-0.3, -0.25) is 0 Å². The van der Waals surface area contributed by atoms with Gasteiger partial charge < -0.3 is 16.2 Å². The predicted octanol–water partition coefficient (Wildman–Crippen LogP) is 1.37. The third-order valence-electron chi connectivity index (χ3n) is 3.55. The van der Waals surface area contributed by atoms with Gasteiger partial charge in [0.1, 0.15) is 15.8 Å². The van der Waals surface area contributed by atoms with Gasteiger partial charge in [0.05, 0.1) is 11.4 Å². The standard InChI is InChI=1S/C11H13IN6O2/c12-8-7-9(13)14-4-15-10(7)18(17-8)6-2-1-5(3-6)16-11(19)20/h4-6,16H,1-3H2,(H,19,20)(H2,13,14,15)/t5-,6-/m0/s1. The van der Waals surface area contributed by atoms with Crippen molar-refractivity contribution < 1.29 is 9.90 Å². The van der Waals surface area contributed by atoms with E-state index in [4.69, 9.17) is 10.8 Å². The first-order chi connectivity index (χ1) is 9.56. The molecule has 0 aliphatic heterocycles. The molecule has 2 aromatic rings. The van der Waals surface area contributed by atoms with Crippen LogP contribution in [0.2, 0.25) is 0 Å². The lowest BCUT2D eigenvalue weighted by molar-refractivity contribution is 0.189. The molecule has 0 radical (unpaired) electrons. The second kappa shape index (κ2) is 5.04. The lowest BCUT2D eigenvalue weighted by atomic mass is 10.2. The zero-order valence-electron chi connectivity index (χ0n) is 10.5. The summed E-state index contributed by atoms with van der Waals surface area (Å²) in [7, 11) is 0. The highest BCUT2D eigenvalue weighted by atomic mass is 127. The molecule has 0 unspecified atom stereocenters. The number of carboxylic acid groups (broad SMARTS) is 1. The van der Waals surface area contributed by atoms with Crippen LogP contribution < -0.4 is 11.1 Å². The van der Waals surface area contributed by atoms with Crippen LogP contribution in [-0.4, -0.2) is 37.0 Å².